The molecule has 0 unspecified atom stereocenters. The summed E-state index contributed by atoms with van der Waals surface area (Å²) in [5, 5.41) is 8.82. The fourth-order valence-electron chi connectivity index (χ4n) is 1.62. The minimum atomic E-state index is 0.722. The number of nitriles is 1. The average molecular weight is 239 g/mol. The van der Waals surface area contributed by atoms with Gasteiger partial charge < -0.3 is 0 Å². The lowest BCUT2D eigenvalue weighted by Gasteiger charge is -2.03. The summed E-state index contributed by atoms with van der Waals surface area (Å²) in [4.78, 5) is 1.14. The van der Waals surface area contributed by atoms with Crippen molar-refractivity contribution in [1.82, 2.24) is 0 Å². The van der Waals surface area contributed by atoms with Gasteiger partial charge in [-0.3, -0.25) is 0 Å². The Balaban J connectivity index is 2.05. The first-order valence-corrected chi connectivity index (χ1v) is 6.45. The van der Waals surface area contributed by atoms with E-state index >= 15 is 0 Å². The second-order valence-electron chi connectivity index (χ2n) is 3.92. The van der Waals surface area contributed by atoms with E-state index in [9.17, 15) is 0 Å². The molecule has 0 saturated heterocycles. The zero-order valence-electron chi connectivity index (χ0n) is 9.68. The minimum absolute atomic E-state index is 0.722. The Bertz CT molecular complexity index is 555. The van der Waals surface area contributed by atoms with Gasteiger partial charge in [0, 0.05) is 10.6 Å². The standard InChI is InChI=1S/C15H13NS/c1-12-4-2-6-14(8-12)11-17-15-7-3-5-13(9-15)10-16/h2-9H,11H2,1H3. The average Bonchev–Trinajstić information content (AvgIpc) is 2.37. The molecule has 2 aromatic carbocycles. The first kappa shape index (κ1) is 11.8. The van der Waals surface area contributed by atoms with Crippen LogP contribution in [0.1, 0.15) is 16.7 Å². The summed E-state index contributed by atoms with van der Waals surface area (Å²) >= 11 is 1.76. The molecule has 0 aliphatic heterocycles. The second kappa shape index (κ2) is 5.56. The normalized spacial score (nSPS) is 9.88. The highest BCUT2D eigenvalue weighted by molar-refractivity contribution is 7.98. The topological polar surface area (TPSA) is 23.8 Å². The van der Waals surface area contributed by atoms with E-state index in [0.717, 1.165) is 16.2 Å². The molecule has 2 heteroatoms. The van der Waals surface area contributed by atoms with E-state index in [2.05, 4.69) is 37.3 Å². The third-order valence-corrected chi connectivity index (χ3v) is 3.52. The Labute approximate surface area is 106 Å². The van der Waals surface area contributed by atoms with Crippen molar-refractivity contribution in [2.24, 2.45) is 0 Å². The van der Waals surface area contributed by atoms with E-state index in [0.29, 0.717) is 0 Å². The summed E-state index contributed by atoms with van der Waals surface area (Å²) in [6.45, 7) is 2.10. The first-order chi connectivity index (χ1) is 8.28. The maximum Gasteiger partial charge on any atom is 0.0992 e. The molecule has 0 amide bonds. The fourth-order valence-corrected chi connectivity index (χ4v) is 2.52. The van der Waals surface area contributed by atoms with Gasteiger partial charge in [0.05, 0.1) is 11.6 Å². The Morgan fingerprint density at radius 2 is 1.94 bits per heavy atom. The van der Waals surface area contributed by atoms with Crippen molar-refractivity contribution in [2.45, 2.75) is 17.6 Å². The minimum Gasteiger partial charge on any atom is -0.192 e. The molecular weight excluding hydrogens is 226 g/mol. The number of benzene rings is 2. The van der Waals surface area contributed by atoms with Crippen LogP contribution in [0.5, 0.6) is 0 Å². The third-order valence-electron chi connectivity index (χ3n) is 2.45. The molecule has 0 aliphatic carbocycles. The Morgan fingerprint density at radius 1 is 1.12 bits per heavy atom. The van der Waals surface area contributed by atoms with Crippen molar-refractivity contribution in [3.05, 3.63) is 65.2 Å². The molecule has 0 N–H and O–H groups in total. The molecule has 0 heterocycles. The molecule has 1 nitrogen and oxygen atoms in total. The number of nitrogens with zero attached hydrogens (tertiary/aromatic N) is 1. The van der Waals surface area contributed by atoms with Gasteiger partial charge in [0.15, 0.2) is 0 Å². The van der Waals surface area contributed by atoms with Gasteiger partial charge >= 0.3 is 0 Å². The highest BCUT2D eigenvalue weighted by Crippen LogP contribution is 2.23. The van der Waals surface area contributed by atoms with Crippen LogP contribution in [0, 0.1) is 18.3 Å². The van der Waals surface area contributed by atoms with Crippen molar-refractivity contribution < 1.29 is 0 Å². The lowest BCUT2D eigenvalue weighted by atomic mass is 10.2. The van der Waals surface area contributed by atoms with Crippen molar-refractivity contribution >= 4 is 11.8 Å². The quantitative estimate of drug-likeness (QED) is 0.751. The fraction of sp³-hybridized carbons (Fsp3) is 0.133. The first-order valence-electron chi connectivity index (χ1n) is 5.46. The molecule has 0 fully saturated rings. The lowest BCUT2D eigenvalue weighted by Crippen LogP contribution is -1.82. The monoisotopic (exact) mass is 239 g/mol. The largest absolute Gasteiger partial charge is 0.192 e. The molecule has 0 radical (unpaired) electrons. The predicted molar refractivity (Wildman–Crippen MR) is 71.9 cm³/mol. The van der Waals surface area contributed by atoms with Gasteiger partial charge in [-0.05, 0) is 30.7 Å². The molecule has 17 heavy (non-hydrogen) atoms. The summed E-state index contributed by atoms with van der Waals surface area (Å²) in [6, 6.07) is 18.4. The zero-order valence-corrected chi connectivity index (χ0v) is 10.5. The van der Waals surface area contributed by atoms with Gasteiger partial charge in [-0.2, -0.15) is 5.26 Å². The van der Waals surface area contributed by atoms with Crippen LogP contribution < -0.4 is 0 Å². The van der Waals surface area contributed by atoms with Gasteiger partial charge in [-0.1, -0.05) is 35.9 Å². The third kappa shape index (κ3) is 3.37. The van der Waals surface area contributed by atoms with Crippen molar-refractivity contribution in [1.29, 1.82) is 5.26 Å². The van der Waals surface area contributed by atoms with Crippen LogP contribution in [0.4, 0.5) is 0 Å². The predicted octanol–water partition coefficient (Wildman–Crippen LogP) is 4.16. The van der Waals surface area contributed by atoms with Crippen molar-refractivity contribution in [3.8, 4) is 6.07 Å². The maximum absolute atomic E-state index is 8.82. The van der Waals surface area contributed by atoms with E-state index < -0.39 is 0 Å². The van der Waals surface area contributed by atoms with E-state index in [1.165, 1.54) is 11.1 Å². The van der Waals surface area contributed by atoms with Gasteiger partial charge in [0.25, 0.3) is 0 Å². The molecule has 0 saturated carbocycles. The molecule has 84 valence electrons. The summed E-state index contributed by atoms with van der Waals surface area (Å²) in [6.07, 6.45) is 0. The summed E-state index contributed by atoms with van der Waals surface area (Å²) in [5.41, 5.74) is 3.32. The molecule has 2 rings (SSSR count). The lowest BCUT2D eigenvalue weighted by molar-refractivity contribution is 1.33. The second-order valence-corrected chi connectivity index (χ2v) is 4.97. The van der Waals surface area contributed by atoms with Gasteiger partial charge in [-0.15, -0.1) is 11.8 Å². The molecule has 2 aromatic rings. The summed E-state index contributed by atoms with van der Waals surface area (Å²) < 4.78 is 0. The van der Waals surface area contributed by atoms with Crippen LogP contribution in [-0.4, -0.2) is 0 Å². The highest BCUT2D eigenvalue weighted by atomic mass is 32.2. The van der Waals surface area contributed by atoms with E-state index in [4.69, 9.17) is 5.26 Å². The van der Waals surface area contributed by atoms with E-state index in [-0.39, 0.29) is 0 Å². The SMILES string of the molecule is Cc1cccc(CSc2cccc(C#N)c2)c1. The van der Waals surface area contributed by atoms with Crippen LogP contribution in [0.3, 0.4) is 0 Å². The smallest absolute Gasteiger partial charge is 0.0992 e. The van der Waals surface area contributed by atoms with Crippen molar-refractivity contribution in [2.75, 3.05) is 0 Å². The van der Waals surface area contributed by atoms with Gasteiger partial charge in [-0.25, -0.2) is 0 Å². The van der Waals surface area contributed by atoms with E-state index in [1.807, 2.05) is 24.3 Å². The number of hydrogen-bond donors (Lipinski definition) is 0. The van der Waals surface area contributed by atoms with Crippen LogP contribution in [-0.2, 0) is 5.75 Å². The Morgan fingerprint density at radius 3 is 2.71 bits per heavy atom. The molecule has 0 spiro atoms. The van der Waals surface area contributed by atoms with Crippen LogP contribution in [0.2, 0.25) is 0 Å². The Hall–Kier alpha value is -1.72. The van der Waals surface area contributed by atoms with Crippen LogP contribution >= 0.6 is 11.8 Å². The molecule has 0 bridgehead atoms. The highest BCUT2D eigenvalue weighted by Gasteiger charge is 1.98. The molecule has 0 aliphatic rings. The molecular formula is C15H13NS. The number of hydrogen-bond acceptors (Lipinski definition) is 2. The Kier molecular flexibility index (Phi) is 3.85. The van der Waals surface area contributed by atoms with Crippen LogP contribution in [0.15, 0.2) is 53.4 Å². The zero-order chi connectivity index (χ0) is 12.1. The van der Waals surface area contributed by atoms with Gasteiger partial charge in [0.1, 0.15) is 0 Å². The van der Waals surface area contributed by atoms with E-state index in [1.54, 1.807) is 11.8 Å². The maximum atomic E-state index is 8.82. The molecule has 0 atom stereocenters. The van der Waals surface area contributed by atoms with Crippen molar-refractivity contribution in [3.63, 3.8) is 0 Å². The van der Waals surface area contributed by atoms with Gasteiger partial charge in [0.2, 0.25) is 0 Å². The number of aryl methyl sites for hydroxylation is 1. The number of rotatable bonds is 3. The summed E-state index contributed by atoms with van der Waals surface area (Å²) in [7, 11) is 0. The summed E-state index contributed by atoms with van der Waals surface area (Å²) in [5.74, 6) is 0.941. The van der Waals surface area contributed by atoms with Crippen LogP contribution in [0.25, 0.3) is 0 Å². The molecule has 0 aromatic heterocycles. The number of thioether (sulfide) groups is 1.